The maximum atomic E-state index is 12.6. The molecule has 6 nitrogen and oxygen atoms in total. The van der Waals surface area contributed by atoms with E-state index in [1.807, 2.05) is 0 Å². The van der Waals surface area contributed by atoms with Crippen LogP contribution >= 0.6 is 0 Å². The summed E-state index contributed by atoms with van der Waals surface area (Å²) in [5.74, 6) is -0.144. The molecule has 0 heterocycles. The Morgan fingerprint density at radius 3 is 1.97 bits per heavy atom. The highest BCUT2D eigenvalue weighted by molar-refractivity contribution is 5.96. The van der Waals surface area contributed by atoms with E-state index in [0.717, 1.165) is 19.3 Å². The molecule has 0 aliphatic rings. The molecule has 0 spiro atoms. The lowest BCUT2D eigenvalue weighted by atomic mass is 10.1. The van der Waals surface area contributed by atoms with Gasteiger partial charge in [0.2, 0.25) is 5.75 Å². The van der Waals surface area contributed by atoms with E-state index >= 15 is 0 Å². The number of unbranched alkanes of at least 4 members (excludes halogenated alkanes) is 5. The Hall–Kier alpha value is -3.02. The van der Waals surface area contributed by atoms with Crippen molar-refractivity contribution in [3.8, 4) is 17.2 Å². The van der Waals surface area contributed by atoms with Crippen molar-refractivity contribution in [1.82, 2.24) is 0 Å². The number of rotatable bonds is 12. The number of carbonyl (C=O) groups is 2. The Morgan fingerprint density at radius 1 is 0.767 bits per heavy atom. The SMILES string of the molecule is CCCCCCCCOC(=O)c1cccc(C(=O)Oc2c(OC)cccc2OC)c1. The van der Waals surface area contributed by atoms with Crippen LogP contribution in [0, 0.1) is 0 Å². The van der Waals surface area contributed by atoms with E-state index in [1.54, 1.807) is 36.4 Å². The summed E-state index contributed by atoms with van der Waals surface area (Å²) in [5, 5.41) is 0. The highest BCUT2D eigenvalue weighted by atomic mass is 16.6. The fraction of sp³-hybridized carbons (Fsp3) is 0.417. The first-order valence-corrected chi connectivity index (χ1v) is 10.3. The number of para-hydroxylation sites is 1. The number of methoxy groups -OCH3 is 2. The van der Waals surface area contributed by atoms with Crippen LogP contribution in [0.15, 0.2) is 42.5 Å². The van der Waals surface area contributed by atoms with Crippen LogP contribution < -0.4 is 14.2 Å². The van der Waals surface area contributed by atoms with Gasteiger partial charge >= 0.3 is 11.9 Å². The summed E-state index contributed by atoms with van der Waals surface area (Å²) in [6, 6.07) is 11.3. The monoisotopic (exact) mass is 414 g/mol. The molecule has 0 unspecified atom stereocenters. The average Bonchev–Trinajstić information content (AvgIpc) is 2.78. The molecule has 30 heavy (non-hydrogen) atoms. The zero-order chi connectivity index (χ0) is 21.8. The van der Waals surface area contributed by atoms with E-state index in [1.165, 1.54) is 39.5 Å². The van der Waals surface area contributed by atoms with Gasteiger partial charge in [-0.1, -0.05) is 51.2 Å². The summed E-state index contributed by atoms with van der Waals surface area (Å²) in [4.78, 5) is 24.9. The first kappa shape index (κ1) is 23.3. The molecule has 162 valence electrons. The number of hydrogen-bond acceptors (Lipinski definition) is 6. The summed E-state index contributed by atoms with van der Waals surface area (Å²) in [6.07, 6.45) is 6.69. The first-order chi connectivity index (χ1) is 14.6. The van der Waals surface area contributed by atoms with Crippen molar-refractivity contribution in [2.45, 2.75) is 45.4 Å². The largest absolute Gasteiger partial charge is 0.493 e. The predicted molar refractivity (Wildman–Crippen MR) is 115 cm³/mol. The Labute approximate surface area is 178 Å². The van der Waals surface area contributed by atoms with Gasteiger partial charge in [-0.25, -0.2) is 9.59 Å². The summed E-state index contributed by atoms with van der Waals surface area (Å²) >= 11 is 0. The molecule has 0 aromatic heterocycles. The van der Waals surface area contributed by atoms with Crippen LogP contribution in [0.3, 0.4) is 0 Å². The predicted octanol–water partition coefficient (Wildman–Crippen LogP) is 5.44. The molecule has 2 rings (SSSR count). The van der Waals surface area contributed by atoms with Crippen molar-refractivity contribution in [2.24, 2.45) is 0 Å². The second-order valence-corrected chi connectivity index (χ2v) is 6.87. The third-order valence-corrected chi connectivity index (χ3v) is 4.64. The van der Waals surface area contributed by atoms with E-state index in [9.17, 15) is 9.59 Å². The van der Waals surface area contributed by atoms with Gasteiger partial charge in [0.25, 0.3) is 0 Å². The van der Waals surface area contributed by atoms with Gasteiger partial charge in [0.15, 0.2) is 11.5 Å². The van der Waals surface area contributed by atoms with Crippen LogP contribution in [-0.2, 0) is 4.74 Å². The Balaban J connectivity index is 1.96. The van der Waals surface area contributed by atoms with Gasteiger partial charge in [0.05, 0.1) is 32.0 Å². The van der Waals surface area contributed by atoms with Crippen molar-refractivity contribution < 1.29 is 28.5 Å². The molecule has 0 aliphatic carbocycles. The van der Waals surface area contributed by atoms with Gasteiger partial charge in [-0.05, 0) is 36.8 Å². The number of hydrogen-bond donors (Lipinski definition) is 0. The zero-order valence-corrected chi connectivity index (χ0v) is 17.9. The second kappa shape index (κ2) is 12.5. The van der Waals surface area contributed by atoms with Crippen molar-refractivity contribution in [3.63, 3.8) is 0 Å². The smallest absolute Gasteiger partial charge is 0.343 e. The molecular weight excluding hydrogens is 384 g/mol. The van der Waals surface area contributed by atoms with E-state index in [0.29, 0.717) is 23.7 Å². The van der Waals surface area contributed by atoms with Crippen LogP contribution in [-0.4, -0.2) is 32.8 Å². The fourth-order valence-corrected chi connectivity index (χ4v) is 2.97. The van der Waals surface area contributed by atoms with E-state index < -0.39 is 11.9 Å². The Kier molecular flexibility index (Phi) is 9.71. The van der Waals surface area contributed by atoms with Gasteiger partial charge in [-0.3, -0.25) is 0 Å². The van der Waals surface area contributed by atoms with Gasteiger partial charge in [0, 0.05) is 0 Å². The zero-order valence-electron chi connectivity index (χ0n) is 17.9. The molecule has 0 N–H and O–H groups in total. The van der Waals surface area contributed by atoms with E-state index in [-0.39, 0.29) is 11.3 Å². The number of esters is 2. The summed E-state index contributed by atoms with van der Waals surface area (Å²) in [6.45, 7) is 2.55. The molecule has 0 saturated carbocycles. The highest BCUT2D eigenvalue weighted by Crippen LogP contribution is 2.37. The van der Waals surface area contributed by atoms with Gasteiger partial charge in [-0.15, -0.1) is 0 Å². The minimum Gasteiger partial charge on any atom is -0.493 e. The van der Waals surface area contributed by atoms with Crippen molar-refractivity contribution in [1.29, 1.82) is 0 Å². The Morgan fingerprint density at radius 2 is 1.33 bits per heavy atom. The molecule has 2 aromatic carbocycles. The second-order valence-electron chi connectivity index (χ2n) is 6.87. The topological polar surface area (TPSA) is 71.1 Å². The van der Waals surface area contributed by atoms with Crippen molar-refractivity contribution in [3.05, 3.63) is 53.6 Å². The number of benzene rings is 2. The van der Waals surface area contributed by atoms with Crippen LogP contribution in [0.25, 0.3) is 0 Å². The molecular formula is C24H30O6. The summed E-state index contributed by atoms with van der Waals surface area (Å²) in [7, 11) is 2.96. The molecule has 0 atom stereocenters. The molecule has 0 saturated heterocycles. The summed E-state index contributed by atoms with van der Waals surface area (Å²) in [5.41, 5.74) is 0.541. The molecule has 0 fully saturated rings. The Bertz CT molecular complexity index is 808. The van der Waals surface area contributed by atoms with Gasteiger partial charge in [-0.2, -0.15) is 0 Å². The van der Waals surface area contributed by atoms with Crippen LogP contribution in [0.2, 0.25) is 0 Å². The van der Waals surface area contributed by atoms with Crippen LogP contribution in [0.5, 0.6) is 17.2 Å². The lowest BCUT2D eigenvalue weighted by molar-refractivity contribution is 0.0497. The quantitative estimate of drug-likeness (QED) is 0.262. The van der Waals surface area contributed by atoms with E-state index in [4.69, 9.17) is 18.9 Å². The van der Waals surface area contributed by atoms with Gasteiger partial charge < -0.3 is 18.9 Å². The minimum absolute atomic E-state index is 0.184. The number of ether oxygens (including phenoxy) is 4. The minimum atomic E-state index is -0.622. The molecule has 0 bridgehead atoms. The lowest BCUT2D eigenvalue weighted by Gasteiger charge is -2.13. The van der Waals surface area contributed by atoms with Crippen LogP contribution in [0.1, 0.15) is 66.2 Å². The third kappa shape index (κ3) is 6.79. The maximum Gasteiger partial charge on any atom is 0.343 e. The number of carbonyl (C=O) groups excluding carboxylic acids is 2. The maximum absolute atomic E-state index is 12.6. The van der Waals surface area contributed by atoms with Crippen molar-refractivity contribution in [2.75, 3.05) is 20.8 Å². The third-order valence-electron chi connectivity index (χ3n) is 4.64. The molecule has 0 radical (unpaired) electrons. The van der Waals surface area contributed by atoms with E-state index in [2.05, 4.69) is 6.92 Å². The van der Waals surface area contributed by atoms with Crippen molar-refractivity contribution >= 4 is 11.9 Å². The normalized spacial score (nSPS) is 10.4. The lowest BCUT2D eigenvalue weighted by Crippen LogP contribution is -2.12. The first-order valence-electron chi connectivity index (χ1n) is 10.3. The average molecular weight is 414 g/mol. The molecule has 2 aromatic rings. The van der Waals surface area contributed by atoms with Crippen LogP contribution in [0.4, 0.5) is 0 Å². The highest BCUT2D eigenvalue weighted by Gasteiger charge is 2.18. The summed E-state index contributed by atoms with van der Waals surface area (Å²) < 4.78 is 21.3. The molecule has 6 heteroatoms. The van der Waals surface area contributed by atoms with Gasteiger partial charge in [0.1, 0.15) is 0 Å². The fourth-order valence-electron chi connectivity index (χ4n) is 2.97. The standard InChI is InChI=1S/C24H30O6/c1-4-5-6-7-8-9-16-29-23(25)18-12-10-13-19(17-18)24(26)30-22-20(27-2)14-11-15-21(22)28-3/h10-15,17H,4-9,16H2,1-3H3. The molecule has 0 amide bonds. The molecule has 0 aliphatic heterocycles.